The van der Waals surface area contributed by atoms with Gasteiger partial charge in [-0.3, -0.25) is 0 Å². The Kier molecular flexibility index (Phi) is 3.37. The maximum absolute atomic E-state index is 10.7. The first-order valence-electron chi connectivity index (χ1n) is 6.57. The molecule has 1 saturated heterocycles. The second-order valence-corrected chi connectivity index (χ2v) is 6.23. The molecule has 3 nitrogen and oxygen atoms in total. The molecule has 2 fully saturated rings. The number of ether oxygens (including phenoxy) is 1. The highest BCUT2D eigenvalue weighted by Crippen LogP contribution is 2.51. The lowest BCUT2D eigenvalue weighted by atomic mass is 9.65. The summed E-state index contributed by atoms with van der Waals surface area (Å²) in [5.74, 6) is -0.545. The number of carboxylic acid groups (broad SMARTS) is 1. The molecule has 1 heterocycles. The first kappa shape index (κ1) is 13.3. The molecule has 3 heteroatoms. The van der Waals surface area contributed by atoms with Crippen LogP contribution < -0.4 is 0 Å². The van der Waals surface area contributed by atoms with E-state index in [-0.39, 0.29) is 17.6 Å². The lowest BCUT2D eigenvalue weighted by Crippen LogP contribution is -2.34. The quantitative estimate of drug-likeness (QED) is 0.475. The molecule has 18 heavy (non-hydrogen) atoms. The van der Waals surface area contributed by atoms with Gasteiger partial charge in [0.2, 0.25) is 0 Å². The van der Waals surface area contributed by atoms with Crippen LogP contribution in [-0.4, -0.2) is 23.3 Å². The van der Waals surface area contributed by atoms with Gasteiger partial charge in [-0.05, 0) is 37.2 Å². The zero-order valence-corrected chi connectivity index (χ0v) is 11.4. The van der Waals surface area contributed by atoms with Crippen LogP contribution in [0.15, 0.2) is 23.8 Å². The van der Waals surface area contributed by atoms with E-state index in [4.69, 9.17) is 9.84 Å². The molecule has 0 radical (unpaired) electrons. The van der Waals surface area contributed by atoms with Crippen LogP contribution in [-0.2, 0) is 9.53 Å². The van der Waals surface area contributed by atoms with E-state index in [0.29, 0.717) is 5.92 Å². The largest absolute Gasteiger partial charge is 0.478 e. The molecular formula is C15H22O3. The summed E-state index contributed by atoms with van der Waals surface area (Å²) in [7, 11) is 0. The molecular weight excluding hydrogens is 228 g/mol. The van der Waals surface area contributed by atoms with Crippen LogP contribution in [0.3, 0.4) is 0 Å². The van der Waals surface area contributed by atoms with Crippen molar-refractivity contribution in [1.82, 2.24) is 0 Å². The third-order valence-electron chi connectivity index (χ3n) is 4.25. The monoisotopic (exact) mass is 250 g/mol. The van der Waals surface area contributed by atoms with Crippen molar-refractivity contribution in [2.45, 2.75) is 52.2 Å². The number of aliphatic carboxylic acids is 1. The Labute approximate surface area is 109 Å². The van der Waals surface area contributed by atoms with E-state index in [2.05, 4.69) is 20.4 Å². The summed E-state index contributed by atoms with van der Waals surface area (Å²) in [5, 5.41) is 8.76. The van der Waals surface area contributed by atoms with Crippen molar-refractivity contribution in [2.24, 2.45) is 11.3 Å². The van der Waals surface area contributed by atoms with E-state index in [1.54, 1.807) is 0 Å². The van der Waals surface area contributed by atoms with Crippen molar-refractivity contribution in [3.8, 4) is 0 Å². The Morgan fingerprint density at radius 2 is 2.22 bits per heavy atom. The molecule has 2 rings (SSSR count). The Morgan fingerprint density at radius 3 is 2.78 bits per heavy atom. The van der Waals surface area contributed by atoms with E-state index in [0.717, 1.165) is 12.0 Å². The predicted octanol–water partition coefficient (Wildman–Crippen LogP) is 3.17. The number of carbonyl (C=O) groups is 1. The van der Waals surface area contributed by atoms with Gasteiger partial charge < -0.3 is 9.84 Å². The standard InChI is InChI=1S/C15H22O3/c1-9-6-5-7-15(3,4)12(9)14-13(18-14)10(2)8-11(16)17/h8,12-14H,1,5-7H2,2-4H3,(H,16,17)/b10-8+. The molecule has 1 aliphatic carbocycles. The molecule has 1 aliphatic heterocycles. The maximum Gasteiger partial charge on any atom is 0.328 e. The number of hydrogen-bond acceptors (Lipinski definition) is 2. The number of rotatable bonds is 3. The van der Waals surface area contributed by atoms with Crippen molar-refractivity contribution >= 4 is 5.97 Å². The maximum atomic E-state index is 10.7. The predicted molar refractivity (Wildman–Crippen MR) is 70.3 cm³/mol. The average molecular weight is 250 g/mol. The summed E-state index contributed by atoms with van der Waals surface area (Å²) >= 11 is 0. The van der Waals surface area contributed by atoms with Crippen molar-refractivity contribution in [3.63, 3.8) is 0 Å². The Hall–Kier alpha value is -1.09. The van der Waals surface area contributed by atoms with Crippen LogP contribution >= 0.6 is 0 Å². The Bertz CT molecular complexity index is 406. The van der Waals surface area contributed by atoms with E-state index >= 15 is 0 Å². The first-order valence-corrected chi connectivity index (χ1v) is 6.57. The van der Waals surface area contributed by atoms with Gasteiger partial charge in [0.1, 0.15) is 6.10 Å². The van der Waals surface area contributed by atoms with Crippen LogP contribution in [0.2, 0.25) is 0 Å². The number of epoxide rings is 1. The molecule has 0 aromatic rings. The van der Waals surface area contributed by atoms with Crippen molar-refractivity contribution < 1.29 is 14.6 Å². The highest BCUT2D eigenvalue weighted by molar-refractivity contribution is 5.80. The van der Waals surface area contributed by atoms with E-state index in [1.807, 2.05) is 6.92 Å². The van der Waals surface area contributed by atoms with E-state index in [1.165, 1.54) is 24.5 Å². The Balaban J connectivity index is 2.10. The molecule has 0 amide bonds. The molecule has 3 unspecified atom stereocenters. The van der Waals surface area contributed by atoms with Crippen molar-refractivity contribution in [3.05, 3.63) is 23.8 Å². The van der Waals surface area contributed by atoms with Gasteiger partial charge in [-0.25, -0.2) is 4.79 Å². The van der Waals surface area contributed by atoms with Gasteiger partial charge in [-0.2, -0.15) is 0 Å². The van der Waals surface area contributed by atoms with Crippen LogP contribution in [0.5, 0.6) is 0 Å². The molecule has 100 valence electrons. The van der Waals surface area contributed by atoms with Gasteiger partial charge in [0.15, 0.2) is 0 Å². The fraction of sp³-hybridized carbons (Fsp3) is 0.667. The summed E-state index contributed by atoms with van der Waals surface area (Å²) in [4.78, 5) is 10.7. The molecule has 1 saturated carbocycles. The normalized spacial score (nSPS) is 35.4. The van der Waals surface area contributed by atoms with Crippen molar-refractivity contribution in [2.75, 3.05) is 0 Å². The van der Waals surface area contributed by atoms with Crippen LogP contribution in [0.4, 0.5) is 0 Å². The second-order valence-electron chi connectivity index (χ2n) is 6.23. The Morgan fingerprint density at radius 1 is 1.56 bits per heavy atom. The highest BCUT2D eigenvalue weighted by atomic mass is 16.6. The molecule has 0 spiro atoms. The fourth-order valence-electron chi connectivity index (χ4n) is 3.33. The van der Waals surface area contributed by atoms with Gasteiger partial charge in [0, 0.05) is 12.0 Å². The van der Waals surface area contributed by atoms with Crippen molar-refractivity contribution in [1.29, 1.82) is 0 Å². The van der Waals surface area contributed by atoms with Gasteiger partial charge in [-0.15, -0.1) is 0 Å². The topological polar surface area (TPSA) is 49.8 Å². The molecule has 0 aromatic carbocycles. The van der Waals surface area contributed by atoms with Crippen LogP contribution in [0.25, 0.3) is 0 Å². The lowest BCUT2D eigenvalue weighted by molar-refractivity contribution is -0.131. The minimum atomic E-state index is -0.900. The SMILES string of the molecule is C=C1CCCC(C)(C)C1C1OC1/C(C)=C/C(=O)O. The minimum absolute atomic E-state index is 0.0276. The number of carboxylic acids is 1. The molecule has 2 aliphatic rings. The minimum Gasteiger partial charge on any atom is -0.478 e. The third-order valence-corrected chi connectivity index (χ3v) is 4.25. The number of hydrogen-bond donors (Lipinski definition) is 1. The smallest absolute Gasteiger partial charge is 0.328 e. The third kappa shape index (κ3) is 2.51. The summed E-state index contributed by atoms with van der Waals surface area (Å²) in [5.41, 5.74) is 2.28. The first-order chi connectivity index (χ1) is 8.33. The zero-order valence-electron chi connectivity index (χ0n) is 11.4. The van der Waals surface area contributed by atoms with Gasteiger partial charge >= 0.3 is 5.97 Å². The van der Waals surface area contributed by atoms with E-state index < -0.39 is 5.97 Å². The lowest BCUT2D eigenvalue weighted by Gasteiger charge is -2.39. The van der Waals surface area contributed by atoms with Crippen LogP contribution in [0.1, 0.15) is 40.0 Å². The molecule has 0 aromatic heterocycles. The summed E-state index contributed by atoms with van der Waals surface area (Å²) in [6.45, 7) is 10.5. The van der Waals surface area contributed by atoms with E-state index in [9.17, 15) is 4.79 Å². The van der Waals surface area contributed by atoms with Gasteiger partial charge in [-0.1, -0.05) is 26.0 Å². The second kappa shape index (κ2) is 4.54. The van der Waals surface area contributed by atoms with Gasteiger partial charge in [0.25, 0.3) is 0 Å². The molecule has 3 atom stereocenters. The highest BCUT2D eigenvalue weighted by Gasteiger charge is 2.52. The summed E-state index contributed by atoms with van der Waals surface area (Å²) < 4.78 is 5.73. The average Bonchev–Trinajstić information content (AvgIpc) is 2.94. The summed E-state index contributed by atoms with van der Waals surface area (Å²) in [6.07, 6.45) is 4.81. The molecule has 0 bridgehead atoms. The van der Waals surface area contributed by atoms with Gasteiger partial charge in [0.05, 0.1) is 6.10 Å². The zero-order chi connectivity index (χ0) is 13.5. The summed E-state index contributed by atoms with van der Waals surface area (Å²) in [6, 6.07) is 0. The molecule has 1 N–H and O–H groups in total. The van der Waals surface area contributed by atoms with Crippen LogP contribution in [0, 0.1) is 11.3 Å². The fourth-order valence-corrected chi connectivity index (χ4v) is 3.33.